The lowest BCUT2D eigenvalue weighted by molar-refractivity contribution is 0.236. The lowest BCUT2D eigenvalue weighted by atomic mass is 10.3. The van der Waals surface area contributed by atoms with Gasteiger partial charge in [-0.3, -0.25) is 0 Å². The van der Waals surface area contributed by atoms with Crippen molar-refractivity contribution in [2.24, 2.45) is 5.73 Å². The molecule has 5 heteroatoms. The molecule has 5 nitrogen and oxygen atoms in total. The van der Waals surface area contributed by atoms with Crippen molar-refractivity contribution in [1.29, 1.82) is 0 Å². The maximum absolute atomic E-state index is 11.3. The van der Waals surface area contributed by atoms with Crippen LogP contribution in [0.3, 0.4) is 0 Å². The van der Waals surface area contributed by atoms with Crippen LogP contribution in [0.5, 0.6) is 0 Å². The number of hydrogen-bond donors (Lipinski definition) is 4. The van der Waals surface area contributed by atoms with Crippen LogP contribution in [0.4, 0.5) is 4.79 Å². The summed E-state index contributed by atoms with van der Waals surface area (Å²) in [6.07, 6.45) is 6.91. The maximum atomic E-state index is 11.3. The highest BCUT2D eigenvalue weighted by atomic mass is 16.3. The van der Waals surface area contributed by atoms with Crippen molar-refractivity contribution < 1.29 is 9.90 Å². The molecule has 0 rings (SSSR count). The van der Waals surface area contributed by atoms with E-state index in [1.165, 1.54) is 0 Å². The summed E-state index contributed by atoms with van der Waals surface area (Å²) >= 11 is 0. The summed E-state index contributed by atoms with van der Waals surface area (Å²) in [5.41, 5.74) is 6.12. The van der Waals surface area contributed by atoms with Crippen LogP contribution in [0.25, 0.3) is 0 Å². The third-order valence-corrected chi connectivity index (χ3v) is 1.66. The fourth-order valence-corrected chi connectivity index (χ4v) is 0.832. The number of aliphatic hydroxyl groups is 1. The van der Waals surface area contributed by atoms with Crippen molar-refractivity contribution in [3.05, 3.63) is 36.6 Å². The van der Waals surface area contributed by atoms with Crippen LogP contribution < -0.4 is 16.4 Å². The summed E-state index contributed by atoms with van der Waals surface area (Å²) in [5, 5.41) is 13.8. The molecule has 0 bridgehead atoms. The quantitative estimate of drug-likeness (QED) is 0.489. The second-order valence-corrected chi connectivity index (χ2v) is 3.25. The summed E-state index contributed by atoms with van der Waals surface area (Å²) in [6, 6.07) is -0.777. The Kier molecular flexibility index (Phi) is 7.83. The number of amides is 2. The van der Waals surface area contributed by atoms with Gasteiger partial charge < -0.3 is 21.5 Å². The van der Waals surface area contributed by atoms with Gasteiger partial charge in [0, 0.05) is 18.3 Å². The molecule has 0 saturated heterocycles. The van der Waals surface area contributed by atoms with E-state index in [4.69, 9.17) is 10.8 Å². The second kappa shape index (κ2) is 8.70. The van der Waals surface area contributed by atoms with Crippen LogP contribution in [0.2, 0.25) is 0 Å². The number of urea groups is 1. The Balaban J connectivity index is 3.90. The van der Waals surface area contributed by atoms with Crippen LogP contribution in [0.15, 0.2) is 36.6 Å². The Labute approximate surface area is 95.7 Å². The fourth-order valence-electron chi connectivity index (χ4n) is 0.832. The molecule has 0 aromatic heterocycles. The number of nitrogens with one attached hydrogen (secondary N) is 2. The Morgan fingerprint density at radius 1 is 1.56 bits per heavy atom. The van der Waals surface area contributed by atoms with E-state index in [2.05, 4.69) is 17.2 Å². The number of carbonyl (C=O) groups excluding carboxylic acids is 1. The average molecular weight is 225 g/mol. The van der Waals surface area contributed by atoms with E-state index in [0.29, 0.717) is 5.70 Å². The minimum absolute atomic E-state index is 0.156. The molecule has 1 unspecified atom stereocenters. The highest BCUT2D eigenvalue weighted by Gasteiger charge is 2.03. The molecule has 90 valence electrons. The average Bonchev–Trinajstić information content (AvgIpc) is 2.26. The Hall–Kier alpha value is -1.59. The van der Waals surface area contributed by atoms with Crippen molar-refractivity contribution in [2.75, 3.05) is 13.2 Å². The number of hydrogen-bond acceptors (Lipinski definition) is 3. The zero-order chi connectivity index (χ0) is 12.4. The van der Waals surface area contributed by atoms with Gasteiger partial charge in [-0.1, -0.05) is 24.8 Å². The first-order valence-corrected chi connectivity index (χ1v) is 4.97. The smallest absolute Gasteiger partial charge is 0.319 e. The molecule has 0 aliphatic carbocycles. The molecule has 0 aromatic rings. The largest absolute Gasteiger partial charge is 0.395 e. The number of allylic oxidation sites excluding steroid dienone is 5. The van der Waals surface area contributed by atoms with E-state index in [1.807, 2.05) is 0 Å². The van der Waals surface area contributed by atoms with Gasteiger partial charge in [0.1, 0.15) is 0 Å². The SMILES string of the molecule is C=C/C=C\C=C(/C)NC(=O)NCC(N)CO. The molecule has 5 N–H and O–H groups in total. The molecule has 1 atom stereocenters. The third-order valence-electron chi connectivity index (χ3n) is 1.66. The molecular formula is C11H19N3O2. The minimum atomic E-state index is -0.435. The van der Waals surface area contributed by atoms with Crippen molar-refractivity contribution in [3.63, 3.8) is 0 Å². The zero-order valence-electron chi connectivity index (χ0n) is 9.44. The molecule has 0 fully saturated rings. The molecule has 0 radical (unpaired) electrons. The van der Waals surface area contributed by atoms with Gasteiger partial charge in [-0.05, 0) is 13.0 Å². The van der Waals surface area contributed by atoms with Gasteiger partial charge in [-0.15, -0.1) is 0 Å². The second-order valence-electron chi connectivity index (χ2n) is 3.25. The van der Waals surface area contributed by atoms with Gasteiger partial charge in [0.25, 0.3) is 0 Å². The topological polar surface area (TPSA) is 87.4 Å². The normalized spacial score (nSPS) is 13.6. The fraction of sp³-hybridized carbons (Fsp3) is 0.364. The number of nitrogens with two attached hydrogens (primary N) is 1. The molecule has 16 heavy (non-hydrogen) atoms. The molecule has 0 aliphatic heterocycles. The van der Waals surface area contributed by atoms with Gasteiger partial charge in [0.05, 0.1) is 6.61 Å². The van der Waals surface area contributed by atoms with Gasteiger partial charge in [-0.25, -0.2) is 4.79 Å². The van der Waals surface area contributed by atoms with E-state index < -0.39 is 6.04 Å². The van der Waals surface area contributed by atoms with Gasteiger partial charge in [0.2, 0.25) is 0 Å². The maximum Gasteiger partial charge on any atom is 0.319 e. The number of rotatable bonds is 6. The molecule has 0 aromatic carbocycles. The van der Waals surface area contributed by atoms with E-state index in [-0.39, 0.29) is 19.2 Å². The monoisotopic (exact) mass is 225 g/mol. The lowest BCUT2D eigenvalue weighted by Gasteiger charge is -2.10. The van der Waals surface area contributed by atoms with Crippen LogP contribution in [0.1, 0.15) is 6.92 Å². The van der Waals surface area contributed by atoms with E-state index in [9.17, 15) is 4.79 Å². The first-order chi connectivity index (χ1) is 7.60. The Morgan fingerprint density at radius 2 is 2.25 bits per heavy atom. The first kappa shape index (κ1) is 14.4. The van der Waals surface area contributed by atoms with Crippen LogP contribution >= 0.6 is 0 Å². The van der Waals surface area contributed by atoms with E-state index in [0.717, 1.165) is 0 Å². The summed E-state index contributed by atoms with van der Waals surface area (Å²) in [5.74, 6) is 0. The predicted molar refractivity (Wildman–Crippen MR) is 64.7 cm³/mol. The van der Waals surface area contributed by atoms with E-state index in [1.54, 1.807) is 31.2 Å². The van der Waals surface area contributed by atoms with Crippen molar-refractivity contribution in [1.82, 2.24) is 10.6 Å². The molecular weight excluding hydrogens is 206 g/mol. The summed E-state index contributed by atoms with van der Waals surface area (Å²) in [6.45, 7) is 5.36. The zero-order valence-corrected chi connectivity index (χ0v) is 9.44. The molecule has 0 saturated carbocycles. The predicted octanol–water partition coefficient (Wildman–Crippen LogP) is 0.251. The Bertz CT molecular complexity index is 285. The van der Waals surface area contributed by atoms with Gasteiger partial charge >= 0.3 is 6.03 Å². The van der Waals surface area contributed by atoms with Crippen molar-refractivity contribution >= 4 is 6.03 Å². The third kappa shape index (κ3) is 7.78. The Morgan fingerprint density at radius 3 is 2.81 bits per heavy atom. The summed E-state index contributed by atoms with van der Waals surface area (Å²) < 4.78 is 0. The highest BCUT2D eigenvalue weighted by Crippen LogP contribution is 1.88. The van der Waals surface area contributed by atoms with Crippen LogP contribution in [-0.2, 0) is 0 Å². The van der Waals surface area contributed by atoms with Crippen molar-refractivity contribution in [2.45, 2.75) is 13.0 Å². The number of carbonyl (C=O) groups is 1. The lowest BCUT2D eigenvalue weighted by Crippen LogP contribution is -2.43. The van der Waals surface area contributed by atoms with E-state index >= 15 is 0 Å². The minimum Gasteiger partial charge on any atom is -0.395 e. The van der Waals surface area contributed by atoms with Crippen LogP contribution in [-0.4, -0.2) is 30.3 Å². The first-order valence-electron chi connectivity index (χ1n) is 4.97. The standard InChI is InChI=1S/C11H19N3O2/c1-3-4-5-6-9(2)14-11(16)13-7-10(12)8-15/h3-6,10,15H,1,7-8,12H2,2H3,(H2,13,14,16)/b5-4-,9-6+. The molecule has 2 amide bonds. The van der Waals surface area contributed by atoms with Crippen LogP contribution in [0, 0.1) is 0 Å². The molecule has 0 heterocycles. The highest BCUT2D eigenvalue weighted by molar-refractivity contribution is 5.75. The summed E-state index contributed by atoms with van der Waals surface area (Å²) in [4.78, 5) is 11.3. The van der Waals surface area contributed by atoms with Gasteiger partial charge in [0.15, 0.2) is 0 Å². The van der Waals surface area contributed by atoms with Crippen molar-refractivity contribution in [3.8, 4) is 0 Å². The number of aliphatic hydroxyl groups excluding tert-OH is 1. The summed E-state index contributed by atoms with van der Waals surface area (Å²) in [7, 11) is 0. The molecule has 0 spiro atoms. The molecule has 0 aliphatic rings. The van der Waals surface area contributed by atoms with Gasteiger partial charge in [-0.2, -0.15) is 0 Å².